The van der Waals surface area contributed by atoms with Crippen molar-refractivity contribution in [3.8, 4) is 23.0 Å². The van der Waals surface area contributed by atoms with Gasteiger partial charge < -0.3 is 9.47 Å². The van der Waals surface area contributed by atoms with Gasteiger partial charge in [0.25, 0.3) is 0 Å². The van der Waals surface area contributed by atoms with Gasteiger partial charge >= 0.3 is 6.71 Å². The van der Waals surface area contributed by atoms with E-state index in [0.29, 0.717) is 0 Å². The van der Waals surface area contributed by atoms with E-state index >= 15 is 0 Å². The summed E-state index contributed by atoms with van der Waals surface area (Å²) in [5.41, 5.74) is 3.29. The van der Waals surface area contributed by atoms with Gasteiger partial charge in [0.15, 0.2) is 35.1 Å². The second-order valence-corrected chi connectivity index (χ2v) is 5.92. The number of rotatable bonds is 0. The molecule has 23 heavy (non-hydrogen) atoms. The molecular weight excluding hydrogens is 289 g/mol. The predicted molar refractivity (Wildman–Crippen MR) is 84.3 cm³/mol. The molecule has 2 aliphatic heterocycles. The smallest absolute Gasteiger partial charge is 0.423 e. The molecule has 0 radical (unpaired) electrons. The molecule has 0 aliphatic carbocycles. The molecule has 0 spiro atoms. The minimum atomic E-state index is 0.0629. The van der Waals surface area contributed by atoms with Crippen molar-refractivity contribution in [2.45, 2.75) is 0 Å². The molecule has 2 aliphatic rings. The van der Waals surface area contributed by atoms with Crippen LogP contribution in [-0.4, -0.2) is 11.7 Å². The zero-order valence-electron chi connectivity index (χ0n) is 12.9. The molecule has 0 N–H and O–H groups in total. The molecule has 5 heterocycles. The standard InChI is InChI=1S/C17H14BN3O2/c1-20-7-3-5-11-16(20)18-15-13(22-11)9-19-10-14(15)23-12-6-4-8-21(2)17(12)18/h3-10H,1-2H3/q+2. The van der Waals surface area contributed by atoms with Crippen molar-refractivity contribution < 1.29 is 18.6 Å². The van der Waals surface area contributed by atoms with Crippen LogP contribution in [0.2, 0.25) is 0 Å². The van der Waals surface area contributed by atoms with Crippen molar-refractivity contribution >= 4 is 23.4 Å². The van der Waals surface area contributed by atoms with Crippen LogP contribution in [0, 0.1) is 0 Å². The van der Waals surface area contributed by atoms with Gasteiger partial charge in [0.05, 0.1) is 12.4 Å². The maximum absolute atomic E-state index is 6.09. The van der Waals surface area contributed by atoms with Gasteiger partial charge in [-0.3, -0.25) is 4.98 Å². The van der Waals surface area contributed by atoms with Crippen LogP contribution >= 0.6 is 0 Å². The molecule has 0 unspecified atom stereocenters. The largest absolute Gasteiger partial charge is 0.451 e. The van der Waals surface area contributed by atoms with Crippen molar-refractivity contribution in [1.82, 2.24) is 4.98 Å². The summed E-state index contributed by atoms with van der Waals surface area (Å²) < 4.78 is 16.4. The monoisotopic (exact) mass is 303 g/mol. The summed E-state index contributed by atoms with van der Waals surface area (Å²) in [4.78, 5) is 4.26. The van der Waals surface area contributed by atoms with E-state index in [0.717, 1.165) is 39.6 Å². The highest BCUT2D eigenvalue weighted by atomic mass is 16.5. The molecule has 3 aromatic heterocycles. The normalized spacial score (nSPS) is 13.4. The van der Waals surface area contributed by atoms with Crippen LogP contribution in [0.3, 0.4) is 0 Å². The fraction of sp³-hybridized carbons (Fsp3) is 0.118. The van der Waals surface area contributed by atoms with Gasteiger partial charge in [-0.1, -0.05) is 0 Å². The average molecular weight is 303 g/mol. The van der Waals surface area contributed by atoms with Crippen LogP contribution in [0.5, 0.6) is 23.0 Å². The first-order chi connectivity index (χ1) is 11.2. The second kappa shape index (κ2) is 4.32. The third-order valence-electron chi connectivity index (χ3n) is 4.57. The number of aromatic nitrogens is 3. The summed E-state index contributed by atoms with van der Waals surface area (Å²) in [6, 6.07) is 7.99. The maximum atomic E-state index is 6.09. The van der Waals surface area contributed by atoms with Crippen LogP contribution in [0.4, 0.5) is 0 Å². The van der Waals surface area contributed by atoms with Crippen LogP contribution < -0.4 is 35.3 Å². The molecule has 3 aromatic rings. The zero-order chi connectivity index (χ0) is 15.6. The molecular formula is C17H14BN3O2+2. The minimum Gasteiger partial charge on any atom is -0.451 e. The van der Waals surface area contributed by atoms with E-state index in [2.05, 4.69) is 14.1 Å². The number of nitrogens with zero attached hydrogens (tertiary/aromatic N) is 3. The lowest BCUT2D eigenvalue weighted by atomic mass is 9.38. The molecule has 0 aromatic carbocycles. The fourth-order valence-electron chi connectivity index (χ4n) is 3.58. The van der Waals surface area contributed by atoms with E-state index in [1.165, 1.54) is 0 Å². The van der Waals surface area contributed by atoms with E-state index in [-0.39, 0.29) is 6.71 Å². The van der Waals surface area contributed by atoms with Gasteiger partial charge in [-0.2, -0.15) is 0 Å². The lowest BCUT2D eigenvalue weighted by molar-refractivity contribution is -0.659. The maximum Gasteiger partial charge on any atom is 0.423 e. The first-order valence-corrected chi connectivity index (χ1v) is 7.54. The quantitative estimate of drug-likeness (QED) is 0.285. The molecule has 0 amide bonds. The topological polar surface area (TPSA) is 39.1 Å². The Hall–Kier alpha value is -2.89. The summed E-state index contributed by atoms with van der Waals surface area (Å²) in [6.45, 7) is 0.0629. The van der Waals surface area contributed by atoms with Gasteiger partial charge in [0.1, 0.15) is 25.6 Å². The average Bonchev–Trinajstić information content (AvgIpc) is 2.55. The van der Waals surface area contributed by atoms with Crippen LogP contribution in [0.15, 0.2) is 49.1 Å². The number of fused-ring (bicyclic) bond motifs is 4. The Morgan fingerprint density at radius 2 is 1.35 bits per heavy atom. The zero-order valence-corrected chi connectivity index (χ0v) is 12.9. The Morgan fingerprint density at radius 3 is 1.87 bits per heavy atom. The van der Waals surface area contributed by atoms with E-state index in [1.54, 1.807) is 12.4 Å². The van der Waals surface area contributed by atoms with Crippen LogP contribution in [0.25, 0.3) is 0 Å². The van der Waals surface area contributed by atoms with E-state index in [4.69, 9.17) is 9.47 Å². The van der Waals surface area contributed by atoms with Crippen molar-refractivity contribution in [1.29, 1.82) is 0 Å². The molecule has 0 saturated heterocycles. The lowest BCUT2D eigenvalue weighted by Gasteiger charge is -2.27. The third-order valence-corrected chi connectivity index (χ3v) is 4.57. The van der Waals surface area contributed by atoms with E-state index in [9.17, 15) is 0 Å². The van der Waals surface area contributed by atoms with Crippen LogP contribution in [-0.2, 0) is 14.1 Å². The molecule has 0 saturated carbocycles. The first kappa shape index (κ1) is 12.6. The summed E-state index contributed by atoms with van der Waals surface area (Å²) in [7, 11) is 4.10. The predicted octanol–water partition coefficient (Wildman–Crippen LogP) is -0.542. The molecule has 5 rings (SSSR count). The molecule has 110 valence electrons. The molecule has 6 heteroatoms. The number of aryl methyl sites for hydroxylation is 2. The molecule has 5 nitrogen and oxygen atoms in total. The van der Waals surface area contributed by atoms with Crippen molar-refractivity contribution in [3.05, 3.63) is 49.1 Å². The summed E-state index contributed by atoms with van der Waals surface area (Å²) in [5, 5.41) is 0. The van der Waals surface area contributed by atoms with Gasteiger partial charge in [0.2, 0.25) is 0 Å². The van der Waals surface area contributed by atoms with Gasteiger partial charge in [-0.05, 0) is 12.1 Å². The van der Waals surface area contributed by atoms with Crippen LogP contribution in [0.1, 0.15) is 0 Å². The molecule has 0 fully saturated rings. The Bertz CT molecular complexity index is 868. The number of ether oxygens (including phenoxy) is 2. The van der Waals surface area contributed by atoms with E-state index in [1.807, 2.05) is 50.8 Å². The Kier molecular flexibility index (Phi) is 2.37. The Balaban J connectivity index is 1.91. The Labute approximate surface area is 133 Å². The highest BCUT2D eigenvalue weighted by Gasteiger charge is 2.51. The van der Waals surface area contributed by atoms with Gasteiger partial charge in [0, 0.05) is 17.6 Å². The minimum absolute atomic E-state index is 0.0629. The SMILES string of the molecule is C[n+]1cccc2c1B1c3c(cncc3Oc3ccc[n+](C)c31)O2. The van der Waals surface area contributed by atoms with E-state index < -0.39 is 0 Å². The number of hydrogen-bond acceptors (Lipinski definition) is 3. The number of hydrogen-bond donors (Lipinski definition) is 0. The van der Waals surface area contributed by atoms with Crippen molar-refractivity contribution in [2.75, 3.05) is 0 Å². The fourth-order valence-corrected chi connectivity index (χ4v) is 3.58. The molecule has 0 bridgehead atoms. The van der Waals surface area contributed by atoms with Gasteiger partial charge in [-0.15, -0.1) is 0 Å². The first-order valence-electron chi connectivity index (χ1n) is 7.54. The number of pyridine rings is 3. The Morgan fingerprint density at radius 1 is 0.826 bits per heavy atom. The summed E-state index contributed by atoms with van der Waals surface area (Å²) >= 11 is 0. The summed E-state index contributed by atoms with van der Waals surface area (Å²) in [6.07, 6.45) is 7.62. The van der Waals surface area contributed by atoms with Gasteiger partial charge in [-0.25, -0.2) is 9.13 Å². The highest BCUT2D eigenvalue weighted by Crippen LogP contribution is 2.31. The summed E-state index contributed by atoms with van der Waals surface area (Å²) in [5.74, 6) is 3.26. The molecule has 0 atom stereocenters. The third kappa shape index (κ3) is 1.60. The lowest BCUT2D eigenvalue weighted by Crippen LogP contribution is -2.73. The van der Waals surface area contributed by atoms with Crippen molar-refractivity contribution in [2.24, 2.45) is 14.1 Å². The van der Waals surface area contributed by atoms with Crippen molar-refractivity contribution in [3.63, 3.8) is 0 Å². The highest BCUT2D eigenvalue weighted by molar-refractivity contribution is 6.96. The second-order valence-electron chi connectivity index (χ2n) is 5.92.